The lowest BCUT2D eigenvalue weighted by Crippen LogP contribution is -2.40. The zero-order chi connectivity index (χ0) is 14.4. The van der Waals surface area contributed by atoms with Gasteiger partial charge in [-0.2, -0.15) is 0 Å². The number of aliphatic hydroxyl groups excluding tert-OH is 1. The number of rotatable bonds is 7. The lowest BCUT2D eigenvalue weighted by molar-refractivity contribution is -0.117. The van der Waals surface area contributed by atoms with Crippen LogP contribution in [0.25, 0.3) is 0 Å². The number of benzene rings is 1. The summed E-state index contributed by atoms with van der Waals surface area (Å²) in [5, 5.41) is 9.97. The number of amides is 2. The van der Waals surface area contributed by atoms with Gasteiger partial charge in [0, 0.05) is 11.3 Å². The first kappa shape index (κ1) is 15.0. The summed E-state index contributed by atoms with van der Waals surface area (Å²) in [5.74, 6) is -1.14. The van der Waals surface area contributed by atoms with Crippen molar-refractivity contribution in [2.75, 3.05) is 18.0 Å². The Balaban J connectivity index is 3.13. The van der Waals surface area contributed by atoms with E-state index in [9.17, 15) is 14.7 Å². The Morgan fingerprint density at radius 3 is 2.21 bits per heavy atom. The number of carbonyl (C=O) groups excluding carboxylic acids is 2. The van der Waals surface area contributed by atoms with E-state index in [2.05, 4.69) is 0 Å². The quantitative estimate of drug-likeness (QED) is 0.639. The molecule has 0 bridgehead atoms. The van der Waals surface area contributed by atoms with E-state index in [0.717, 1.165) is 0 Å². The average Bonchev–Trinajstić information content (AvgIpc) is 2.36. The van der Waals surface area contributed by atoms with E-state index in [1.54, 1.807) is 24.3 Å². The lowest BCUT2D eigenvalue weighted by Gasteiger charge is -2.26. The summed E-state index contributed by atoms with van der Waals surface area (Å²) in [6, 6.07) is 7.01. The van der Waals surface area contributed by atoms with Crippen LogP contribution < -0.4 is 16.4 Å². The van der Waals surface area contributed by atoms with Gasteiger partial charge in [-0.15, -0.1) is 0 Å². The minimum absolute atomic E-state index is 0.129. The van der Waals surface area contributed by atoms with Crippen LogP contribution >= 0.6 is 0 Å². The zero-order valence-corrected chi connectivity index (χ0v) is 10.9. The first-order valence-electron chi connectivity index (χ1n) is 6.04. The second kappa shape index (κ2) is 6.75. The third-order valence-corrected chi connectivity index (χ3v) is 2.72. The van der Waals surface area contributed by atoms with Crippen LogP contribution in [-0.4, -0.2) is 30.0 Å². The summed E-state index contributed by atoms with van der Waals surface area (Å²) < 4.78 is 0. The minimum atomic E-state index is -0.667. The van der Waals surface area contributed by atoms with Crippen molar-refractivity contribution in [1.29, 1.82) is 0 Å². The van der Waals surface area contributed by atoms with Gasteiger partial charge in [0.15, 0.2) is 0 Å². The molecule has 1 aromatic carbocycles. The van der Waals surface area contributed by atoms with Gasteiger partial charge in [0.2, 0.25) is 11.8 Å². The molecule has 1 rings (SSSR count). The Labute approximate surface area is 112 Å². The van der Waals surface area contributed by atoms with Gasteiger partial charge in [-0.25, -0.2) is 0 Å². The number of primary amides is 2. The molecule has 0 fully saturated rings. The molecule has 0 radical (unpaired) electrons. The molecule has 104 valence electrons. The standard InChI is InChI=1S/C13H19N3O3/c1-2-11(17)9-5-3-4-6-10(9)16(7-12(14)18)8-13(15)19/h3-6,11,17H,2,7-8H2,1H3,(H2,14,18)(H2,15,19)/t11-/m1/s1. The normalized spacial score (nSPS) is 11.9. The maximum absolute atomic E-state index is 11.1. The van der Waals surface area contributed by atoms with Crippen LogP contribution in [0.2, 0.25) is 0 Å². The largest absolute Gasteiger partial charge is 0.388 e. The van der Waals surface area contributed by atoms with E-state index in [-0.39, 0.29) is 13.1 Å². The van der Waals surface area contributed by atoms with E-state index in [1.165, 1.54) is 4.90 Å². The number of anilines is 1. The molecule has 0 saturated heterocycles. The summed E-state index contributed by atoms with van der Waals surface area (Å²) in [5.41, 5.74) is 11.6. The molecular formula is C13H19N3O3. The van der Waals surface area contributed by atoms with Crippen molar-refractivity contribution < 1.29 is 14.7 Å². The Morgan fingerprint density at radius 2 is 1.74 bits per heavy atom. The summed E-state index contributed by atoms with van der Waals surface area (Å²) in [6.07, 6.45) is -0.141. The molecule has 5 N–H and O–H groups in total. The number of aliphatic hydroxyl groups is 1. The second-order valence-electron chi connectivity index (χ2n) is 4.27. The number of nitrogens with two attached hydrogens (primary N) is 2. The van der Waals surface area contributed by atoms with Gasteiger partial charge in [0.1, 0.15) is 0 Å². The summed E-state index contributed by atoms with van der Waals surface area (Å²) in [6.45, 7) is 1.58. The zero-order valence-electron chi connectivity index (χ0n) is 10.9. The van der Waals surface area contributed by atoms with Crippen molar-refractivity contribution in [3.63, 3.8) is 0 Å². The van der Waals surface area contributed by atoms with E-state index in [1.807, 2.05) is 6.92 Å². The van der Waals surface area contributed by atoms with Gasteiger partial charge in [-0.05, 0) is 12.5 Å². The van der Waals surface area contributed by atoms with Gasteiger partial charge < -0.3 is 21.5 Å². The third kappa shape index (κ3) is 4.26. The predicted octanol–water partition coefficient (Wildman–Crippen LogP) is -0.0930. The van der Waals surface area contributed by atoms with Gasteiger partial charge in [-0.3, -0.25) is 9.59 Å². The van der Waals surface area contributed by atoms with Gasteiger partial charge >= 0.3 is 0 Å². The molecule has 19 heavy (non-hydrogen) atoms. The highest BCUT2D eigenvalue weighted by Crippen LogP contribution is 2.27. The van der Waals surface area contributed by atoms with E-state index in [4.69, 9.17) is 11.5 Å². The summed E-state index contributed by atoms with van der Waals surface area (Å²) in [7, 11) is 0. The van der Waals surface area contributed by atoms with E-state index >= 15 is 0 Å². The Morgan fingerprint density at radius 1 is 1.21 bits per heavy atom. The molecule has 0 saturated carbocycles. The molecule has 6 heteroatoms. The van der Waals surface area contributed by atoms with Crippen molar-refractivity contribution in [3.05, 3.63) is 29.8 Å². The topological polar surface area (TPSA) is 110 Å². The Kier molecular flexibility index (Phi) is 5.32. The lowest BCUT2D eigenvalue weighted by atomic mass is 10.0. The van der Waals surface area contributed by atoms with Crippen molar-refractivity contribution in [2.24, 2.45) is 11.5 Å². The second-order valence-corrected chi connectivity index (χ2v) is 4.27. The molecule has 0 aromatic heterocycles. The van der Waals surface area contributed by atoms with E-state index in [0.29, 0.717) is 17.7 Å². The van der Waals surface area contributed by atoms with Crippen LogP contribution in [-0.2, 0) is 9.59 Å². The fourth-order valence-corrected chi connectivity index (χ4v) is 1.88. The fraction of sp³-hybridized carbons (Fsp3) is 0.385. The van der Waals surface area contributed by atoms with Crippen molar-refractivity contribution >= 4 is 17.5 Å². The molecule has 0 aliphatic rings. The van der Waals surface area contributed by atoms with Gasteiger partial charge in [0.25, 0.3) is 0 Å². The van der Waals surface area contributed by atoms with Gasteiger partial charge in [-0.1, -0.05) is 25.1 Å². The van der Waals surface area contributed by atoms with Crippen LogP contribution in [0.15, 0.2) is 24.3 Å². The highest BCUT2D eigenvalue weighted by Gasteiger charge is 2.18. The summed E-state index contributed by atoms with van der Waals surface area (Å²) >= 11 is 0. The first-order chi connectivity index (χ1) is 8.95. The van der Waals surface area contributed by atoms with Gasteiger partial charge in [0.05, 0.1) is 19.2 Å². The number of hydrogen-bond donors (Lipinski definition) is 3. The maximum atomic E-state index is 11.1. The molecule has 1 atom stereocenters. The number of para-hydroxylation sites is 1. The predicted molar refractivity (Wildman–Crippen MR) is 72.3 cm³/mol. The molecule has 1 aromatic rings. The molecular weight excluding hydrogens is 246 g/mol. The number of hydrogen-bond acceptors (Lipinski definition) is 4. The number of nitrogens with zero attached hydrogens (tertiary/aromatic N) is 1. The maximum Gasteiger partial charge on any atom is 0.236 e. The Hall–Kier alpha value is -2.08. The molecule has 0 unspecified atom stereocenters. The molecule has 2 amide bonds. The molecule has 0 heterocycles. The summed E-state index contributed by atoms with van der Waals surface area (Å²) in [4.78, 5) is 23.6. The van der Waals surface area contributed by atoms with Crippen molar-refractivity contribution in [3.8, 4) is 0 Å². The van der Waals surface area contributed by atoms with Crippen LogP contribution in [0, 0.1) is 0 Å². The number of carbonyl (C=O) groups is 2. The molecule has 0 spiro atoms. The van der Waals surface area contributed by atoms with Crippen LogP contribution in [0.3, 0.4) is 0 Å². The first-order valence-corrected chi connectivity index (χ1v) is 6.04. The Bertz CT molecular complexity index is 446. The monoisotopic (exact) mass is 265 g/mol. The van der Waals surface area contributed by atoms with Crippen molar-refractivity contribution in [1.82, 2.24) is 0 Å². The molecule has 0 aliphatic carbocycles. The van der Waals surface area contributed by atoms with Crippen LogP contribution in [0.5, 0.6) is 0 Å². The minimum Gasteiger partial charge on any atom is -0.388 e. The fourth-order valence-electron chi connectivity index (χ4n) is 1.88. The smallest absolute Gasteiger partial charge is 0.236 e. The molecule has 6 nitrogen and oxygen atoms in total. The van der Waals surface area contributed by atoms with E-state index < -0.39 is 17.9 Å². The molecule has 0 aliphatic heterocycles. The van der Waals surface area contributed by atoms with Crippen LogP contribution in [0.1, 0.15) is 25.0 Å². The highest BCUT2D eigenvalue weighted by molar-refractivity contribution is 5.85. The SMILES string of the molecule is CC[C@@H](O)c1ccccc1N(CC(N)=O)CC(N)=O. The highest BCUT2D eigenvalue weighted by atomic mass is 16.3. The van der Waals surface area contributed by atoms with Crippen LogP contribution in [0.4, 0.5) is 5.69 Å². The van der Waals surface area contributed by atoms with Crippen molar-refractivity contribution in [2.45, 2.75) is 19.4 Å². The average molecular weight is 265 g/mol. The third-order valence-electron chi connectivity index (χ3n) is 2.72.